The van der Waals surface area contributed by atoms with E-state index in [1.807, 2.05) is 49.2 Å². The number of amides is 1. The highest BCUT2D eigenvalue weighted by Gasteiger charge is 2.31. The molecule has 22 heavy (non-hydrogen) atoms. The lowest BCUT2D eigenvalue weighted by molar-refractivity contribution is 0.0741. The number of hydrogen-bond donors (Lipinski definition) is 1. The lowest BCUT2D eigenvalue weighted by Gasteiger charge is -2.24. The zero-order valence-electron chi connectivity index (χ0n) is 13.0. The lowest BCUT2D eigenvalue weighted by Crippen LogP contribution is -2.40. The Morgan fingerprint density at radius 2 is 2.18 bits per heavy atom. The van der Waals surface area contributed by atoms with Crippen LogP contribution in [0.25, 0.3) is 10.6 Å². The van der Waals surface area contributed by atoms with Crippen molar-refractivity contribution in [1.29, 1.82) is 0 Å². The molecule has 1 unspecified atom stereocenters. The Morgan fingerprint density at radius 1 is 1.41 bits per heavy atom. The molecule has 1 aromatic heterocycles. The number of likely N-dealkylation sites (N-methyl/N-ethyl adjacent to an activating group) is 1. The maximum absolute atomic E-state index is 12.9. The average molecular weight is 315 g/mol. The highest BCUT2D eigenvalue weighted by molar-refractivity contribution is 7.17. The van der Waals surface area contributed by atoms with E-state index in [-0.39, 0.29) is 5.91 Å². The normalized spacial score (nSPS) is 17.9. The third-order valence-electron chi connectivity index (χ3n) is 4.09. The second kappa shape index (κ2) is 6.58. The van der Waals surface area contributed by atoms with Crippen LogP contribution in [0.2, 0.25) is 0 Å². The van der Waals surface area contributed by atoms with Gasteiger partial charge in [0, 0.05) is 24.7 Å². The van der Waals surface area contributed by atoms with E-state index >= 15 is 0 Å². The molecule has 0 spiro atoms. The Hall–Kier alpha value is -1.72. The molecular formula is C17H21N3OS. The van der Waals surface area contributed by atoms with Gasteiger partial charge in [-0.2, -0.15) is 0 Å². The van der Waals surface area contributed by atoms with Crippen LogP contribution < -0.4 is 5.32 Å². The number of likely N-dealkylation sites (tertiary alicyclic amines) is 1. The zero-order chi connectivity index (χ0) is 15.5. The van der Waals surface area contributed by atoms with Gasteiger partial charge in [-0.15, -0.1) is 11.3 Å². The van der Waals surface area contributed by atoms with Gasteiger partial charge in [-0.25, -0.2) is 4.98 Å². The Bertz CT molecular complexity index is 653. The first-order valence-electron chi connectivity index (χ1n) is 7.69. The second-order valence-electron chi connectivity index (χ2n) is 5.65. The summed E-state index contributed by atoms with van der Waals surface area (Å²) >= 11 is 1.50. The molecule has 3 rings (SSSR count). The van der Waals surface area contributed by atoms with Crippen LogP contribution in [0.4, 0.5) is 0 Å². The van der Waals surface area contributed by atoms with Crippen molar-refractivity contribution in [2.75, 3.05) is 20.1 Å². The molecular weight excluding hydrogens is 294 g/mol. The fourth-order valence-corrected chi connectivity index (χ4v) is 4.01. The molecule has 5 heteroatoms. The predicted octanol–water partition coefficient (Wildman–Crippen LogP) is 2.94. The van der Waals surface area contributed by atoms with Crippen molar-refractivity contribution >= 4 is 17.2 Å². The number of aromatic nitrogens is 1. The van der Waals surface area contributed by atoms with Crippen LogP contribution in [-0.4, -0.2) is 42.0 Å². The van der Waals surface area contributed by atoms with Crippen LogP contribution in [0.5, 0.6) is 0 Å². The number of nitrogens with zero attached hydrogens (tertiary/aromatic N) is 2. The van der Waals surface area contributed by atoms with Crippen LogP contribution in [0.1, 0.15) is 28.2 Å². The quantitative estimate of drug-likeness (QED) is 0.943. The zero-order valence-corrected chi connectivity index (χ0v) is 13.8. The van der Waals surface area contributed by atoms with E-state index in [4.69, 9.17) is 0 Å². The lowest BCUT2D eigenvalue weighted by atomic mass is 10.2. The van der Waals surface area contributed by atoms with Crippen LogP contribution in [0.15, 0.2) is 30.3 Å². The van der Waals surface area contributed by atoms with Crippen LogP contribution >= 0.6 is 11.3 Å². The maximum Gasteiger partial charge on any atom is 0.266 e. The van der Waals surface area contributed by atoms with E-state index < -0.39 is 0 Å². The third-order valence-corrected chi connectivity index (χ3v) is 5.28. The summed E-state index contributed by atoms with van der Waals surface area (Å²) in [5.41, 5.74) is 1.91. The fourth-order valence-electron chi connectivity index (χ4n) is 2.98. The van der Waals surface area contributed by atoms with Gasteiger partial charge < -0.3 is 10.2 Å². The van der Waals surface area contributed by atoms with Gasteiger partial charge in [-0.3, -0.25) is 4.79 Å². The largest absolute Gasteiger partial charge is 0.334 e. The molecule has 1 aliphatic heterocycles. The van der Waals surface area contributed by atoms with Crippen molar-refractivity contribution in [1.82, 2.24) is 15.2 Å². The van der Waals surface area contributed by atoms with Crippen molar-refractivity contribution in [2.24, 2.45) is 0 Å². The van der Waals surface area contributed by atoms with Gasteiger partial charge in [0.15, 0.2) is 0 Å². The summed E-state index contributed by atoms with van der Waals surface area (Å²) in [6, 6.07) is 10.4. The summed E-state index contributed by atoms with van der Waals surface area (Å²) in [6.07, 6.45) is 2.16. The molecule has 1 amide bonds. The number of hydrogen-bond acceptors (Lipinski definition) is 4. The molecule has 0 saturated carbocycles. The number of thiazole rings is 1. The number of carbonyl (C=O) groups excluding carboxylic acids is 1. The van der Waals surface area contributed by atoms with Gasteiger partial charge in [-0.05, 0) is 26.8 Å². The molecule has 0 radical (unpaired) electrons. The van der Waals surface area contributed by atoms with E-state index in [0.29, 0.717) is 6.04 Å². The Morgan fingerprint density at radius 3 is 2.91 bits per heavy atom. The van der Waals surface area contributed by atoms with Gasteiger partial charge in [0.25, 0.3) is 5.91 Å². The Balaban J connectivity index is 1.86. The number of benzene rings is 1. The van der Waals surface area contributed by atoms with E-state index in [9.17, 15) is 4.79 Å². The highest BCUT2D eigenvalue weighted by atomic mass is 32.1. The molecule has 0 aliphatic carbocycles. The highest BCUT2D eigenvalue weighted by Crippen LogP contribution is 2.30. The average Bonchev–Trinajstić information content (AvgIpc) is 3.15. The predicted molar refractivity (Wildman–Crippen MR) is 90.3 cm³/mol. The van der Waals surface area contributed by atoms with Crippen molar-refractivity contribution < 1.29 is 4.79 Å². The van der Waals surface area contributed by atoms with Gasteiger partial charge >= 0.3 is 0 Å². The van der Waals surface area contributed by atoms with E-state index in [2.05, 4.69) is 10.3 Å². The Kier molecular flexibility index (Phi) is 4.55. The molecule has 1 aliphatic rings. The monoisotopic (exact) mass is 315 g/mol. The minimum Gasteiger partial charge on any atom is -0.334 e. The number of carbonyl (C=O) groups is 1. The fraction of sp³-hybridized carbons (Fsp3) is 0.412. The first-order chi connectivity index (χ1) is 10.7. The first-order valence-corrected chi connectivity index (χ1v) is 8.50. The van der Waals surface area contributed by atoms with Crippen LogP contribution in [-0.2, 0) is 0 Å². The van der Waals surface area contributed by atoms with Crippen molar-refractivity contribution in [3.8, 4) is 10.6 Å². The summed E-state index contributed by atoms with van der Waals surface area (Å²) in [5, 5.41) is 4.11. The van der Waals surface area contributed by atoms with E-state index in [1.54, 1.807) is 0 Å². The summed E-state index contributed by atoms with van der Waals surface area (Å²) in [6.45, 7) is 3.64. The first kappa shape index (κ1) is 15.2. The molecule has 1 aromatic carbocycles. The number of nitrogens with one attached hydrogen (secondary N) is 1. The van der Waals surface area contributed by atoms with Crippen molar-refractivity contribution in [3.05, 3.63) is 40.9 Å². The molecule has 1 saturated heterocycles. The molecule has 116 valence electrons. The van der Waals surface area contributed by atoms with E-state index in [1.165, 1.54) is 11.3 Å². The smallest absolute Gasteiger partial charge is 0.266 e. The van der Waals surface area contributed by atoms with Crippen LogP contribution in [0, 0.1) is 6.92 Å². The molecule has 2 aromatic rings. The van der Waals surface area contributed by atoms with Gasteiger partial charge in [0.05, 0.1) is 5.69 Å². The number of aryl methyl sites for hydroxylation is 1. The maximum atomic E-state index is 12.9. The molecule has 2 heterocycles. The van der Waals surface area contributed by atoms with Crippen LogP contribution in [0.3, 0.4) is 0 Å². The van der Waals surface area contributed by atoms with Gasteiger partial charge in [-0.1, -0.05) is 30.3 Å². The molecule has 0 bridgehead atoms. The minimum atomic E-state index is 0.134. The molecule has 1 fully saturated rings. The summed E-state index contributed by atoms with van der Waals surface area (Å²) in [5.74, 6) is 0.134. The van der Waals surface area contributed by atoms with Gasteiger partial charge in [0.1, 0.15) is 9.88 Å². The Labute approximate surface area is 135 Å². The second-order valence-corrected chi connectivity index (χ2v) is 6.65. The number of rotatable bonds is 4. The molecule has 1 N–H and O–H groups in total. The topological polar surface area (TPSA) is 45.2 Å². The molecule has 1 atom stereocenters. The van der Waals surface area contributed by atoms with Crippen molar-refractivity contribution in [2.45, 2.75) is 25.8 Å². The third kappa shape index (κ3) is 2.91. The summed E-state index contributed by atoms with van der Waals surface area (Å²) in [7, 11) is 1.94. The standard InChI is InChI=1S/C17H21N3OS/c1-12-15(17(21)20-10-6-9-14(20)11-18-2)22-16(19-12)13-7-4-3-5-8-13/h3-5,7-8,14,18H,6,9-11H2,1-2H3. The summed E-state index contributed by atoms with van der Waals surface area (Å²) in [4.78, 5) is 20.3. The molecule has 4 nitrogen and oxygen atoms in total. The minimum absolute atomic E-state index is 0.134. The van der Waals surface area contributed by atoms with Gasteiger partial charge in [0.2, 0.25) is 0 Å². The van der Waals surface area contributed by atoms with E-state index in [0.717, 1.165) is 47.1 Å². The summed E-state index contributed by atoms with van der Waals surface area (Å²) < 4.78 is 0. The SMILES string of the molecule is CNCC1CCCN1C(=O)c1sc(-c2ccccc2)nc1C. The van der Waals surface area contributed by atoms with Crippen molar-refractivity contribution in [3.63, 3.8) is 0 Å².